The lowest BCUT2D eigenvalue weighted by molar-refractivity contribution is -0.121. The fourth-order valence-electron chi connectivity index (χ4n) is 4.11. The van der Waals surface area contributed by atoms with Crippen molar-refractivity contribution in [3.8, 4) is 0 Å². The largest absolute Gasteiger partial charge is 0.372 e. The molecule has 2 aromatic carbocycles. The summed E-state index contributed by atoms with van der Waals surface area (Å²) in [5, 5.41) is 2.99. The lowest BCUT2D eigenvalue weighted by atomic mass is 10.1. The van der Waals surface area contributed by atoms with E-state index in [1.54, 1.807) is 24.3 Å². The number of hydrogen-bond donors (Lipinski definition) is 2. The van der Waals surface area contributed by atoms with Crippen molar-refractivity contribution in [2.45, 2.75) is 50.0 Å². The van der Waals surface area contributed by atoms with Gasteiger partial charge in [0.15, 0.2) is 0 Å². The SMILES string of the molecule is O=C(CCCCCN=C1NS(=O)(=O)c2ccccc21)NCc1ccc(N2CCCC2)cc1. The summed E-state index contributed by atoms with van der Waals surface area (Å²) in [4.78, 5) is 19.2. The molecule has 2 aliphatic rings. The van der Waals surface area contributed by atoms with E-state index in [0.29, 0.717) is 30.9 Å². The van der Waals surface area contributed by atoms with Gasteiger partial charge in [0.05, 0.1) is 4.90 Å². The van der Waals surface area contributed by atoms with Crippen LogP contribution in [0.25, 0.3) is 0 Å². The van der Waals surface area contributed by atoms with Crippen LogP contribution in [0.5, 0.6) is 0 Å². The second-order valence-electron chi connectivity index (χ2n) is 8.28. The van der Waals surface area contributed by atoms with Crippen molar-refractivity contribution in [3.63, 3.8) is 0 Å². The van der Waals surface area contributed by atoms with Crippen molar-refractivity contribution in [1.29, 1.82) is 0 Å². The van der Waals surface area contributed by atoms with Gasteiger partial charge in [0.1, 0.15) is 5.84 Å². The Bertz CT molecular complexity index is 1070. The van der Waals surface area contributed by atoms with Crippen LogP contribution in [-0.2, 0) is 21.4 Å². The molecule has 2 heterocycles. The number of nitrogens with zero attached hydrogens (tertiary/aromatic N) is 2. The molecule has 2 aliphatic heterocycles. The molecule has 4 rings (SSSR count). The molecular formula is C24H30N4O3S. The molecule has 0 atom stereocenters. The zero-order valence-corrected chi connectivity index (χ0v) is 19.0. The van der Waals surface area contributed by atoms with Gasteiger partial charge in [0.2, 0.25) is 5.91 Å². The average molecular weight is 455 g/mol. The van der Waals surface area contributed by atoms with Gasteiger partial charge in [0.25, 0.3) is 10.0 Å². The average Bonchev–Trinajstić information content (AvgIpc) is 3.42. The highest BCUT2D eigenvalue weighted by Gasteiger charge is 2.29. The number of amidine groups is 1. The number of amides is 1. The summed E-state index contributed by atoms with van der Waals surface area (Å²) in [7, 11) is -3.49. The maximum absolute atomic E-state index is 12.1. The van der Waals surface area contributed by atoms with E-state index in [1.807, 2.05) is 0 Å². The molecule has 2 aromatic rings. The van der Waals surface area contributed by atoms with Gasteiger partial charge in [-0.15, -0.1) is 0 Å². The second-order valence-corrected chi connectivity index (χ2v) is 9.93. The molecule has 170 valence electrons. The molecule has 1 amide bonds. The summed E-state index contributed by atoms with van der Waals surface area (Å²) < 4.78 is 26.7. The minimum absolute atomic E-state index is 0.0532. The van der Waals surface area contributed by atoms with E-state index in [4.69, 9.17) is 0 Å². The van der Waals surface area contributed by atoms with Crippen LogP contribution in [0.1, 0.15) is 49.7 Å². The standard InChI is InChI=1S/C24H30N4O3S/c29-23(26-18-19-11-13-20(14-12-19)28-16-6-7-17-28)10-2-1-5-15-25-24-21-8-3-4-9-22(21)32(30,31)27-24/h3-4,8-9,11-14H,1-2,5-7,10,15-18H2,(H,25,27)(H,26,29). The maximum atomic E-state index is 12.1. The second kappa shape index (κ2) is 10.2. The van der Waals surface area contributed by atoms with Gasteiger partial charge >= 0.3 is 0 Å². The minimum Gasteiger partial charge on any atom is -0.372 e. The quantitative estimate of drug-likeness (QED) is 0.569. The van der Waals surface area contributed by atoms with E-state index in [-0.39, 0.29) is 10.8 Å². The number of carbonyl (C=O) groups excluding carboxylic acids is 1. The van der Waals surface area contributed by atoms with E-state index in [2.05, 4.69) is 44.2 Å². The fourth-order valence-corrected chi connectivity index (χ4v) is 5.36. The van der Waals surface area contributed by atoms with Gasteiger partial charge in [-0.2, -0.15) is 0 Å². The lowest BCUT2D eigenvalue weighted by Gasteiger charge is -2.17. The normalized spacial score (nSPS) is 17.9. The van der Waals surface area contributed by atoms with Crippen molar-refractivity contribution >= 4 is 27.5 Å². The number of rotatable bonds is 9. The van der Waals surface area contributed by atoms with E-state index < -0.39 is 10.0 Å². The van der Waals surface area contributed by atoms with E-state index in [0.717, 1.165) is 37.9 Å². The molecule has 2 N–H and O–H groups in total. The third kappa shape index (κ3) is 5.48. The highest BCUT2D eigenvalue weighted by Crippen LogP contribution is 2.22. The van der Waals surface area contributed by atoms with E-state index in [9.17, 15) is 13.2 Å². The number of carbonyl (C=O) groups is 1. The molecule has 8 heteroatoms. The molecule has 0 bridgehead atoms. The first kappa shape index (κ1) is 22.3. The Labute approximate surface area is 190 Å². The van der Waals surface area contributed by atoms with Gasteiger partial charge in [0, 0.05) is 43.9 Å². The molecule has 0 saturated carbocycles. The van der Waals surface area contributed by atoms with E-state index >= 15 is 0 Å². The van der Waals surface area contributed by atoms with Gasteiger partial charge in [-0.25, -0.2) is 8.42 Å². The molecule has 0 aliphatic carbocycles. The van der Waals surface area contributed by atoms with Crippen LogP contribution in [0.2, 0.25) is 0 Å². The molecule has 0 spiro atoms. The number of hydrogen-bond acceptors (Lipinski definition) is 5. The van der Waals surface area contributed by atoms with Crippen molar-refractivity contribution in [2.75, 3.05) is 24.5 Å². The highest BCUT2D eigenvalue weighted by molar-refractivity contribution is 7.90. The van der Waals surface area contributed by atoms with Crippen molar-refractivity contribution in [3.05, 3.63) is 59.7 Å². The molecule has 0 unspecified atom stereocenters. The number of benzene rings is 2. The summed E-state index contributed by atoms with van der Waals surface area (Å²) in [6.07, 6.45) is 5.46. The first-order valence-corrected chi connectivity index (χ1v) is 12.8. The number of nitrogens with one attached hydrogen (secondary N) is 2. The molecule has 1 saturated heterocycles. The molecule has 0 radical (unpaired) electrons. The molecule has 7 nitrogen and oxygen atoms in total. The summed E-state index contributed by atoms with van der Waals surface area (Å²) in [5.41, 5.74) is 2.99. The molecule has 32 heavy (non-hydrogen) atoms. The van der Waals surface area contributed by atoms with Gasteiger partial charge in [-0.3, -0.25) is 14.5 Å². The smallest absolute Gasteiger partial charge is 0.263 e. The predicted molar refractivity (Wildman–Crippen MR) is 126 cm³/mol. The molecular weight excluding hydrogens is 424 g/mol. The van der Waals surface area contributed by atoms with Crippen LogP contribution >= 0.6 is 0 Å². The number of fused-ring (bicyclic) bond motifs is 1. The van der Waals surface area contributed by atoms with Crippen molar-refractivity contribution in [1.82, 2.24) is 10.0 Å². The van der Waals surface area contributed by atoms with Gasteiger partial charge < -0.3 is 10.2 Å². The van der Waals surface area contributed by atoms with Crippen LogP contribution in [0, 0.1) is 0 Å². The van der Waals surface area contributed by atoms with Crippen LogP contribution in [0.15, 0.2) is 58.4 Å². The van der Waals surface area contributed by atoms with Gasteiger partial charge in [-0.05, 0) is 55.5 Å². The fraction of sp³-hybridized carbons (Fsp3) is 0.417. The number of sulfonamides is 1. The monoisotopic (exact) mass is 454 g/mol. The van der Waals surface area contributed by atoms with Crippen molar-refractivity contribution < 1.29 is 13.2 Å². The number of anilines is 1. The molecule has 1 fully saturated rings. The van der Waals surface area contributed by atoms with Crippen molar-refractivity contribution in [2.24, 2.45) is 4.99 Å². The summed E-state index contributed by atoms with van der Waals surface area (Å²) in [5.74, 6) is 0.464. The van der Waals surface area contributed by atoms with Crippen LogP contribution < -0.4 is 14.9 Å². The first-order valence-electron chi connectivity index (χ1n) is 11.3. The minimum atomic E-state index is -3.49. The zero-order chi connectivity index (χ0) is 22.4. The Hall–Kier alpha value is -2.87. The third-order valence-electron chi connectivity index (χ3n) is 5.89. The lowest BCUT2D eigenvalue weighted by Crippen LogP contribution is -2.22. The summed E-state index contributed by atoms with van der Waals surface area (Å²) >= 11 is 0. The van der Waals surface area contributed by atoms with Crippen LogP contribution in [0.4, 0.5) is 5.69 Å². The Morgan fingerprint density at radius 2 is 1.75 bits per heavy atom. The zero-order valence-electron chi connectivity index (χ0n) is 18.2. The predicted octanol–water partition coefficient (Wildman–Crippen LogP) is 3.20. The Morgan fingerprint density at radius 3 is 2.53 bits per heavy atom. The molecule has 0 aromatic heterocycles. The third-order valence-corrected chi connectivity index (χ3v) is 7.29. The topological polar surface area (TPSA) is 90.9 Å². The summed E-state index contributed by atoms with van der Waals surface area (Å²) in [6.45, 7) is 3.33. The number of aliphatic imine (C=N–C) groups is 1. The first-order chi connectivity index (χ1) is 15.5. The van der Waals surface area contributed by atoms with Crippen LogP contribution in [0.3, 0.4) is 0 Å². The maximum Gasteiger partial charge on any atom is 0.263 e. The highest BCUT2D eigenvalue weighted by atomic mass is 32.2. The Morgan fingerprint density at radius 1 is 1.00 bits per heavy atom. The summed E-state index contributed by atoms with van der Waals surface area (Å²) in [6, 6.07) is 15.3. The Kier molecular flexibility index (Phi) is 7.09. The Balaban J connectivity index is 1.13. The number of unbranched alkanes of at least 4 members (excludes halogenated alkanes) is 2. The van der Waals surface area contributed by atoms with E-state index in [1.165, 1.54) is 18.5 Å². The van der Waals surface area contributed by atoms with Gasteiger partial charge in [-0.1, -0.05) is 30.7 Å². The van der Waals surface area contributed by atoms with Crippen LogP contribution in [-0.4, -0.2) is 39.8 Å².